The van der Waals surface area contributed by atoms with Crippen LogP contribution in [0, 0.1) is 5.92 Å². The fourth-order valence-corrected chi connectivity index (χ4v) is 3.60. The van der Waals surface area contributed by atoms with Crippen LogP contribution in [0.25, 0.3) is 0 Å². The number of nitrogens with zero attached hydrogens (tertiary/aromatic N) is 1. The number of anilines is 1. The average Bonchev–Trinajstić information content (AvgIpc) is 2.47. The lowest BCUT2D eigenvalue weighted by Crippen LogP contribution is -2.32. The number of benzene rings is 1. The minimum atomic E-state index is 0.469. The van der Waals surface area contributed by atoms with Crippen LogP contribution in [0.5, 0.6) is 0 Å². The summed E-state index contributed by atoms with van der Waals surface area (Å²) in [4.78, 5) is 3.87. The van der Waals surface area contributed by atoms with E-state index in [1.807, 2.05) is 0 Å². The zero-order valence-corrected chi connectivity index (χ0v) is 13.7. The lowest BCUT2D eigenvalue weighted by atomic mass is 10.0. The summed E-state index contributed by atoms with van der Waals surface area (Å²) in [6.45, 7) is 2.74. The van der Waals surface area contributed by atoms with E-state index in [0.29, 0.717) is 10.9 Å². The van der Waals surface area contributed by atoms with Gasteiger partial charge in [0.15, 0.2) is 0 Å². The van der Waals surface area contributed by atoms with E-state index in [0.717, 1.165) is 42.3 Å². The molecule has 0 saturated carbocycles. The molecule has 1 fully saturated rings. The zero-order valence-electron chi connectivity index (χ0n) is 12.1. The van der Waals surface area contributed by atoms with Crippen molar-refractivity contribution in [2.24, 2.45) is 11.7 Å². The summed E-state index contributed by atoms with van der Waals surface area (Å²) in [5.74, 6) is 0.589. The molecule has 2 rings (SSSR count). The number of nitrogens with two attached hydrogens (primary N) is 1. The van der Waals surface area contributed by atoms with Gasteiger partial charge in [0.25, 0.3) is 0 Å². The van der Waals surface area contributed by atoms with Gasteiger partial charge in [0, 0.05) is 36.3 Å². The third-order valence-corrected chi connectivity index (χ3v) is 4.65. The Kier molecular flexibility index (Phi) is 5.69. The van der Waals surface area contributed by atoms with Crippen molar-refractivity contribution < 1.29 is 4.74 Å². The second kappa shape index (κ2) is 7.29. The molecule has 0 aliphatic carbocycles. The van der Waals surface area contributed by atoms with Gasteiger partial charge in [0.2, 0.25) is 0 Å². The van der Waals surface area contributed by atoms with Gasteiger partial charge in [-0.15, -0.1) is 11.8 Å². The van der Waals surface area contributed by atoms with Crippen LogP contribution in [0.1, 0.15) is 18.4 Å². The van der Waals surface area contributed by atoms with Crippen molar-refractivity contribution in [3.05, 3.63) is 23.8 Å². The molecule has 2 N–H and O–H groups in total. The van der Waals surface area contributed by atoms with Crippen LogP contribution < -0.4 is 10.6 Å². The number of hydrogen-bond acceptors (Lipinski definition) is 4. The van der Waals surface area contributed by atoms with Gasteiger partial charge in [-0.1, -0.05) is 18.3 Å². The highest BCUT2D eigenvalue weighted by molar-refractivity contribution is 7.98. The van der Waals surface area contributed by atoms with Crippen molar-refractivity contribution in [2.75, 3.05) is 38.0 Å². The smallest absolute Gasteiger partial charge is 0.107 e. The summed E-state index contributed by atoms with van der Waals surface area (Å²) < 4.78 is 5.56. The molecule has 0 bridgehead atoms. The van der Waals surface area contributed by atoms with Gasteiger partial charge in [0.1, 0.15) is 4.99 Å². The van der Waals surface area contributed by atoms with Crippen LogP contribution in [0.4, 0.5) is 5.69 Å². The predicted octanol–water partition coefficient (Wildman–Crippen LogP) is 2.91. The molecule has 1 unspecified atom stereocenters. The van der Waals surface area contributed by atoms with Crippen LogP contribution >= 0.6 is 24.0 Å². The Morgan fingerprint density at radius 3 is 2.95 bits per heavy atom. The molecule has 0 amide bonds. The highest BCUT2D eigenvalue weighted by atomic mass is 32.2. The summed E-state index contributed by atoms with van der Waals surface area (Å²) in [6, 6.07) is 6.23. The third-order valence-electron chi connectivity index (χ3n) is 3.67. The Hall–Kier alpha value is -0.780. The zero-order chi connectivity index (χ0) is 14.5. The minimum Gasteiger partial charge on any atom is -0.389 e. The van der Waals surface area contributed by atoms with E-state index in [-0.39, 0.29) is 0 Å². The predicted molar refractivity (Wildman–Crippen MR) is 90.9 cm³/mol. The SMILES string of the molecule is CSc1cccc(N(C)CC2CCCOC2)c1C(N)=S. The fraction of sp³-hybridized carbons (Fsp3) is 0.533. The van der Waals surface area contributed by atoms with E-state index in [9.17, 15) is 0 Å². The molecule has 110 valence electrons. The number of thiocarbonyl (C=S) groups is 1. The molecular weight excluding hydrogens is 288 g/mol. The van der Waals surface area contributed by atoms with Gasteiger partial charge in [-0.05, 0) is 37.1 Å². The largest absolute Gasteiger partial charge is 0.389 e. The van der Waals surface area contributed by atoms with Crippen molar-refractivity contribution in [1.29, 1.82) is 0 Å². The lowest BCUT2D eigenvalue weighted by Gasteiger charge is -2.30. The number of ether oxygens (including phenoxy) is 1. The number of hydrogen-bond donors (Lipinski definition) is 1. The summed E-state index contributed by atoms with van der Waals surface area (Å²) in [5, 5.41) is 0. The Morgan fingerprint density at radius 2 is 2.35 bits per heavy atom. The molecule has 0 aromatic heterocycles. The van der Waals surface area contributed by atoms with Crippen LogP contribution in [-0.2, 0) is 4.74 Å². The Labute approximate surface area is 130 Å². The first-order valence-corrected chi connectivity index (χ1v) is 8.52. The highest BCUT2D eigenvalue weighted by Crippen LogP contribution is 2.30. The summed E-state index contributed by atoms with van der Waals surface area (Å²) in [5.41, 5.74) is 8.04. The van der Waals surface area contributed by atoms with Gasteiger partial charge in [0.05, 0.1) is 6.61 Å². The molecule has 1 aliphatic rings. The normalized spacial score (nSPS) is 18.8. The molecule has 20 heavy (non-hydrogen) atoms. The maximum absolute atomic E-state index is 5.93. The Morgan fingerprint density at radius 1 is 1.55 bits per heavy atom. The first kappa shape index (κ1) is 15.6. The van der Waals surface area contributed by atoms with Crippen molar-refractivity contribution in [3.8, 4) is 0 Å². The van der Waals surface area contributed by atoms with Crippen molar-refractivity contribution in [3.63, 3.8) is 0 Å². The topological polar surface area (TPSA) is 38.5 Å². The molecule has 1 aromatic rings. The molecule has 5 heteroatoms. The molecule has 1 saturated heterocycles. The molecule has 1 aliphatic heterocycles. The van der Waals surface area contributed by atoms with Gasteiger partial charge in [-0.3, -0.25) is 0 Å². The van der Waals surface area contributed by atoms with Crippen LogP contribution in [0.15, 0.2) is 23.1 Å². The van der Waals surface area contributed by atoms with Crippen LogP contribution in [-0.4, -0.2) is 38.1 Å². The minimum absolute atomic E-state index is 0.469. The second-order valence-electron chi connectivity index (χ2n) is 5.18. The van der Waals surface area contributed by atoms with E-state index >= 15 is 0 Å². The van der Waals surface area contributed by atoms with E-state index in [4.69, 9.17) is 22.7 Å². The van der Waals surface area contributed by atoms with Crippen molar-refractivity contribution in [2.45, 2.75) is 17.7 Å². The number of rotatable bonds is 5. The van der Waals surface area contributed by atoms with E-state index < -0.39 is 0 Å². The maximum atomic E-state index is 5.93. The molecular formula is C15H22N2OS2. The Balaban J connectivity index is 2.19. The van der Waals surface area contributed by atoms with E-state index in [1.165, 1.54) is 6.42 Å². The number of thioether (sulfide) groups is 1. The first-order valence-electron chi connectivity index (χ1n) is 6.89. The summed E-state index contributed by atoms with van der Waals surface area (Å²) >= 11 is 6.92. The lowest BCUT2D eigenvalue weighted by molar-refractivity contribution is 0.0576. The van der Waals surface area contributed by atoms with E-state index in [1.54, 1.807) is 11.8 Å². The monoisotopic (exact) mass is 310 g/mol. The second-order valence-corrected chi connectivity index (χ2v) is 6.47. The first-order chi connectivity index (χ1) is 9.63. The van der Waals surface area contributed by atoms with Crippen LogP contribution in [0.3, 0.4) is 0 Å². The van der Waals surface area contributed by atoms with Crippen molar-refractivity contribution in [1.82, 2.24) is 0 Å². The van der Waals surface area contributed by atoms with Crippen LogP contribution in [0.2, 0.25) is 0 Å². The highest BCUT2D eigenvalue weighted by Gasteiger charge is 2.19. The van der Waals surface area contributed by atoms with E-state index in [2.05, 4.69) is 36.4 Å². The molecule has 1 aromatic carbocycles. The standard InChI is InChI=1S/C15H22N2OS2/c1-17(9-11-5-4-8-18-10-11)12-6-3-7-13(20-2)14(12)15(16)19/h3,6-7,11H,4-5,8-10H2,1-2H3,(H2,16,19). The van der Waals surface area contributed by atoms with Gasteiger partial charge in [-0.2, -0.15) is 0 Å². The Bertz CT molecular complexity index is 473. The van der Waals surface area contributed by atoms with Gasteiger partial charge in [-0.25, -0.2) is 0 Å². The quantitative estimate of drug-likeness (QED) is 0.669. The summed E-state index contributed by atoms with van der Waals surface area (Å²) in [6.07, 6.45) is 4.44. The molecule has 1 heterocycles. The maximum Gasteiger partial charge on any atom is 0.107 e. The van der Waals surface area contributed by atoms with Gasteiger partial charge >= 0.3 is 0 Å². The molecule has 3 nitrogen and oxygen atoms in total. The molecule has 0 radical (unpaired) electrons. The van der Waals surface area contributed by atoms with Gasteiger partial charge < -0.3 is 15.4 Å². The third kappa shape index (κ3) is 3.65. The summed E-state index contributed by atoms with van der Waals surface area (Å²) in [7, 11) is 2.11. The fourth-order valence-electron chi connectivity index (χ4n) is 2.69. The average molecular weight is 310 g/mol. The van der Waals surface area contributed by atoms with Crippen molar-refractivity contribution >= 4 is 34.7 Å². The molecule has 1 atom stereocenters. The molecule has 0 spiro atoms.